The summed E-state index contributed by atoms with van der Waals surface area (Å²) in [6.45, 7) is 3.98. The SMILES string of the molecule is Cc1ccc(CC(=O)N/N=C\c2ccc(-c3ccc(F)cc3[N+](=O)[O-])o2)cc1C. The van der Waals surface area contributed by atoms with Crippen LogP contribution in [0.3, 0.4) is 0 Å². The molecular formula is C21H18FN3O4. The van der Waals surface area contributed by atoms with Gasteiger partial charge in [0.2, 0.25) is 5.91 Å². The number of furan rings is 1. The molecule has 3 aromatic rings. The second kappa shape index (κ2) is 8.47. The number of nitrogens with one attached hydrogen (secondary N) is 1. The number of nitrogens with zero attached hydrogens (tertiary/aromatic N) is 2. The molecule has 7 nitrogen and oxygen atoms in total. The minimum absolute atomic E-state index is 0.148. The summed E-state index contributed by atoms with van der Waals surface area (Å²) in [4.78, 5) is 22.4. The summed E-state index contributed by atoms with van der Waals surface area (Å²) in [5.74, 6) is -0.518. The average molecular weight is 395 g/mol. The molecule has 0 aliphatic carbocycles. The lowest BCUT2D eigenvalue weighted by atomic mass is 10.0. The first-order valence-electron chi connectivity index (χ1n) is 8.75. The number of amides is 1. The summed E-state index contributed by atoms with van der Waals surface area (Å²) in [7, 11) is 0. The fourth-order valence-corrected chi connectivity index (χ4v) is 2.74. The van der Waals surface area contributed by atoms with Crippen molar-refractivity contribution in [3.8, 4) is 11.3 Å². The normalized spacial score (nSPS) is 11.0. The number of halogens is 1. The van der Waals surface area contributed by atoms with Crippen LogP contribution in [-0.4, -0.2) is 17.0 Å². The number of hydrogen-bond donors (Lipinski definition) is 1. The van der Waals surface area contributed by atoms with Gasteiger partial charge in [0.05, 0.1) is 29.2 Å². The number of hydrazone groups is 1. The van der Waals surface area contributed by atoms with Crippen molar-refractivity contribution in [2.75, 3.05) is 0 Å². The number of nitro groups is 1. The first-order chi connectivity index (χ1) is 13.8. The van der Waals surface area contributed by atoms with Crippen LogP contribution < -0.4 is 5.43 Å². The summed E-state index contributed by atoms with van der Waals surface area (Å²) in [6, 6.07) is 12.1. The van der Waals surface area contributed by atoms with E-state index in [9.17, 15) is 19.3 Å². The lowest BCUT2D eigenvalue weighted by Crippen LogP contribution is -2.19. The molecular weight excluding hydrogens is 377 g/mol. The van der Waals surface area contributed by atoms with Gasteiger partial charge in [0.1, 0.15) is 17.3 Å². The van der Waals surface area contributed by atoms with Gasteiger partial charge < -0.3 is 4.42 Å². The summed E-state index contributed by atoms with van der Waals surface area (Å²) in [5.41, 5.74) is 5.30. The van der Waals surface area contributed by atoms with Crippen LogP contribution in [0.15, 0.2) is 58.0 Å². The highest BCUT2D eigenvalue weighted by atomic mass is 19.1. The largest absolute Gasteiger partial charge is 0.455 e. The molecule has 0 saturated carbocycles. The molecule has 0 unspecified atom stereocenters. The van der Waals surface area contributed by atoms with Gasteiger partial charge in [-0.25, -0.2) is 9.82 Å². The average Bonchev–Trinajstić information content (AvgIpc) is 3.13. The van der Waals surface area contributed by atoms with Gasteiger partial charge in [-0.15, -0.1) is 0 Å². The number of benzene rings is 2. The molecule has 0 aliphatic rings. The zero-order chi connectivity index (χ0) is 21.0. The smallest absolute Gasteiger partial charge is 0.283 e. The molecule has 1 heterocycles. The molecule has 0 spiro atoms. The second-order valence-corrected chi connectivity index (χ2v) is 6.51. The number of carbonyl (C=O) groups excluding carboxylic acids is 1. The molecule has 1 aromatic heterocycles. The fraction of sp³-hybridized carbons (Fsp3) is 0.143. The Morgan fingerprint density at radius 2 is 1.97 bits per heavy atom. The number of carbonyl (C=O) groups is 1. The molecule has 0 aliphatic heterocycles. The summed E-state index contributed by atoms with van der Waals surface area (Å²) in [6.07, 6.45) is 1.47. The summed E-state index contributed by atoms with van der Waals surface area (Å²) in [5, 5.41) is 15.0. The Kier molecular flexibility index (Phi) is 5.82. The van der Waals surface area contributed by atoms with E-state index in [1.165, 1.54) is 18.3 Å². The summed E-state index contributed by atoms with van der Waals surface area (Å²) >= 11 is 0. The maximum atomic E-state index is 13.3. The second-order valence-electron chi connectivity index (χ2n) is 6.51. The maximum Gasteiger partial charge on any atom is 0.283 e. The van der Waals surface area contributed by atoms with Crippen LogP contribution in [-0.2, 0) is 11.2 Å². The molecule has 0 fully saturated rings. The standard InChI is InChI=1S/C21H18FN3O4/c1-13-3-4-15(9-14(13)2)10-21(26)24-23-12-17-6-8-20(29-17)18-7-5-16(22)11-19(18)25(27)28/h3-9,11-12H,10H2,1-2H3,(H,24,26)/b23-12-. The Morgan fingerprint density at radius 3 is 2.69 bits per heavy atom. The van der Waals surface area contributed by atoms with E-state index in [2.05, 4.69) is 10.5 Å². The van der Waals surface area contributed by atoms with Crippen LogP contribution in [0.25, 0.3) is 11.3 Å². The highest BCUT2D eigenvalue weighted by molar-refractivity contribution is 5.82. The van der Waals surface area contributed by atoms with E-state index in [-0.39, 0.29) is 29.4 Å². The van der Waals surface area contributed by atoms with Crippen molar-refractivity contribution < 1.29 is 18.5 Å². The molecule has 29 heavy (non-hydrogen) atoms. The lowest BCUT2D eigenvalue weighted by Gasteiger charge is -2.04. The highest BCUT2D eigenvalue weighted by Gasteiger charge is 2.19. The fourth-order valence-electron chi connectivity index (χ4n) is 2.74. The number of hydrogen-bond acceptors (Lipinski definition) is 5. The van der Waals surface area contributed by atoms with Crippen molar-refractivity contribution in [1.29, 1.82) is 0 Å². The minimum atomic E-state index is -0.708. The van der Waals surface area contributed by atoms with Gasteiger partial charge >= 0.3 is 0 Å². The van der Waals surface area contributed by atoms with Crippen molar-refractivity contribution in [1.82, 2.24) is 5.43 Å². The van der Waals surface area contributed by atoms with E-state index in [4.69, 9.17) is 4.42 Å². The summed E-state index contributed by atoms with van der Waals surface area (Å²) < 4.78 is 18.8. The van der Waals surface area contributed by atoms with Crippen LogP contribution in [0.1, 0.15) is 22.5 Å². The van der Waals surface area contributed by atoms with E-state index in [1.54, 1.807) is 6.07 Å². The van der Waals surface area contributed by atoms with Crippen LogP contribution in [0.4, 0.5) is 10.1 Å². The zero-order valence-electron chi connectivity index (χ0n) is 15.8. The Balaban J connectivity index is 1.66. The topological polar surface area (TPSA) is 97.7 Å². The Labute approximate surface area is 166 Å². The molecule has 2 aromatic carbocycles. The van der Waals surface area contributed by atoms with Crippen LogP contribution in [0.5, 0.6) is 0 Å². The van der Waals surface area contributed by atoms with E-state index >= 15 is 0 Å². The van der Waals surface area contributed by atoms with Crippen molar-refractivity contribution in [2.45, 2.75) is 20.3 Å². The molecule has 8 heteroatoms. The van der Waals surface area contributed by atoms with Gasteiger partial charge in [-0.1, -0.05) is 18.2 Å². The van der Waals surface area contributed by atoms with Gasteiger partial charge in [-0.05, 0) is 54.8 Å². The molecule has 1 N–H and O–H groups in total. The molecule has 0 saturated heterocycles. The lowest BCUT2D eigenvalue weighted by molar-refractivity contribution is -0.384. The first-order valence-corrected chi connectivity index (χ1v) is 8.75. The van der Waals surface area contributed by atoms with Gasteiger partial charge in [-0.2, -0.15) is 5.10 Å². The minimum Gasteiger partial charge on any atom is -0.455 e. The third-order valence-corrected chi connectivity index (χ3v) is 4.37. The van der Waals surface area contributed by atoms with Crippen LogP contribution >= 0.6 is 0 Å². The zero-order valence-corrected chi connectivity index (χ0v) is 15.8. The molecule has 3 rings (SSSR count). The molecule has 1 amide bonds. The van der Waals surface area contributed by atoms with Crippen molar-refractivity contribution in [3.63, 3.8) is 0 Å². The molecule has 0 radical (unpaired) electrons. The number of nitro benzene ring substituents is 1. The van der Waals surface area contributed by atoms with Gasteiger partial charge in [0, 0.05) is 0 Å². The van der Waals surface area contributed by atoms with Crippen LogP contribution in [0, 0.1) is 29.8 Å². The van der Waals surface area contributed by atoms with Crippen LogP contribution in [0.2, 0.25) is 0 Å². The van der Waals surface area contributed by atoms with Crippen molar-refractivity contribution in [3.05, 3.63) is 86.9 Å². The van der Waals surface area contributed by atoms with Crippen molar-refractivity contribution >= 4 is 17.8 Å². The quantitative estimate of drug-likeness (QED) is 0.382. The van der Waals surface area contributed by atoms with Gasteiger partial charge in [0.25, 0.3) is 5.69 Å². The number of rotatable bonds is 6. The van der Waals surface area contributed by atoms with E-state index in [0.717, 1.165) is 28.8 Å². The highest BCUT2D eigenvalue weighted by Crippen LogP contribution is 2.31. The van der Waals surface area contributed by atoms with E-state index in [0.29, 0.717) is 0 Å². The first kappa shape index (κ1) is 19.9. The van der Waals surface area contributed by atoms with Gasteiger partial charge in [-0.3, -0.25) is 14.9 Å². The third-order valence-electron chi connectivity index (χ3n) is 4.37. The van der Waals surface area contributed by atoms with E-state index in [1.807, 2.05) is 32.0 Å². The third kappa shape index (κ3) is 4.92. The molecule has 0 atom stereocenters. The Bertz CT molecular complexity index is 1110. The maximum absolute atomic E-state index is 13.3. The molecule has 148 valence electrons. The van der Waals surface area contributed by atoms with Crippen molar-refractivity contribution in [2.24, 2.45) is 5.10 Å². The number of aryl methyl sites for hydroxylation is 2. The van der Waals surface area contributed by atoms with Gasteiger partial charge in [0.15, 0.2) is 0 Å². The Morgan fingerprint density at radius 1 is 1.17 bits per heavy atom. The monoisotopic (exact) mass is 395 g/mol. The van der Waals surface area contributed by atoms with E-state index < -0.39 is 16.4 Å². The predicted octanol–water partition coefficient (Wildman–Crippen LogP) is 4.30. The predicted molar refractivity (Wildman–Crippen MR) is 106 cm³/mol. The molecule has 0 bridgehead atoms. The Hall–Kier alpha value is -3.81.